The van der Waals surface area contributed by atoms with Crippen molar-refractivity contribution in [3.05, 3.63) is 53.6 Å². The topological polar surface area (TPSA) is 76.2 Å². The maximum absolute atomic E-state index is 12.9. The Labute approximate surface area is 184 Å². The highest BCUT2D eigenvalue weighted by Gasteiger charge is 2.34. The van der Waals surface area contributed by atoms with Crippen LogP contribution in [-0.4, -0.2) is 63.9 Å². The van der Waals surface area contributed by atoms with Crippen molar-refractivity contribution in [2.75, 3.05) is 40.4 Å². The van der Waals surface area contributed by atoms with E-state index in [1.807, 2.05) is 0 Å². The molecule has 0 N–H and O–H groups in total. The predicted molar refractivity (Wildman–Crippen MR) is 110 cm³/mol. The number of ether oxygens (including phenoxy) is 2. The molecule has 0 aromatic heterocycles. The van der Waals surface area contributed by atoms with E-state index in [1.165, 1.54) is 19.1 Å². The third-order valence-corrected chi connectivity index (χ3v) is 7.12. The molecule has 1 saturated heterocycles. The molecular formula is C21H23F3N2O5S. The number of piperazine rings is 1. The van der Waals surface area contributed by atoms with Crippen LogP contribution in [0.1, 0.15) is 11.1 Å². The molecular weight excluding hydrogens is 449 g/mol. The summed E-state index contributed by atoms with van der Waals surface area (Å²) >= 11 is 0. The summed E-state index contributed by atoms with van der Waals surface area (Å²) < 4.78 is 76.0. The summed E-state index contributed by atoms with van der Waals surface area (Å²) in [6.07, 6.45) is -4.58. The summed E-state index contributed by atoms with van der Waals surface area (Å²) in [5, 5.41) is 0. The molecule has 1 heterocycles. The minimum Gasteiger partial charge on any atom is -0.497 e. The standard InChI is InChI=1S/C21H23F3N2O5S/c1-30-17-7-6-15(19(14-17)31-2)12-20(27)25-8-10-26(11-9-25)32(28,29)18-5-3-4-16(13-18)21(22,23)24/h3-7,13-14H,8-12H2,1-2H3. The van der Waals surface area contributed by atoms with Crippen molar-refractivity contribution < 1.29 is 35.9 Å². The lowest BCUT2D eigenvalue weighted by molar-refractivity contribution is -0.137. The Morgan fingerprint density at radius 1 is 1.00 bits per heavy atom. The molecule has 0 aliphatic carbocycles. The molecule has 0 atom stereocenters. The molecule has 0 saturated carbocycles. The molecule has 0 spiro atoms. The normalized spacial score (nSPS) is 15.5. The van der Waals surface area contributed by atoms with Crippen LogP contribution in [0.15, 0.2) is 47.4 Å². The number of benzene rings is 2. The number of halogens is 3. The van der Waals surface area contributed by atoms with Crippen LogP contribution in [0.4, 0.5) is 13.2 Å². The first kappa shape index (κ1) is 23.9. The third kappa shape index (κ3) is 5.16. The molecule has 3 rings (SSSR count). The van der Waals surface area contributed by atoms with E-state index in [2.05, 4.69) is 0 Å². The van der Waals surface area contributed by atoms with Gasteiger partial charge in [-0.3, -0.25) is 4.79 Å². The van der Waals surface area contributed by atoms with E-state index >= 15 is 0 Å². The van der Waals surface area contributed by atoms with Gasteiger partial charge >= 0.3 is 6.18 Å². The van der Waals surface area contributed by atoms with E-state index in [1.54, 1.807) is 18.2 Å². The van der Waals surface area contributed by atoms with E-state index in [0.29, 0.717) is 23.1 Å². The highest BCUT2D eigenvalue weighted by atomic mass is 32.2. The number of alkyl halides is 3. The lowest BCUT2D eigenvalue weighted by atomic mass is 10.1. The zero-order chi connectivity index (χ0) is 23.5. The summed E-state index contributed by atoms with van der Waals surface area (Å²) in [5.41, 5.74) is -0.363. The zero-order valence-electron chi connectivity index (χ0n) is 17.6. The van der Waals surface area contributed by atoms with Gasteiger partial charge in [-0.1, -0.05) is 12.1 Å². The van der Waals surface area contributed by atoms with E-state index in [0.717, 1.165) is 22.5 Å². The Hall–Kier alpha value is -2.79. The van der Waals surface area contributed by atoms with Gasteiger partial charge in [-0.05, 0) is 24.3 Å². The fraction of sp³-hybridized carbons (Fsp3) is 0.381. The van der Waals surface area contributed by atoms with Crippen LogP contribution in [0.5, 0.6) is 11.5 Å². The van der Waals surface area contributed by atoms with E-state index in [4.69, 9.17) is 9.47 Å². The molecule has 0 unspecified atom stereocenters. The van der Waals surface area contributed by atoms with Gasteiger partial charge in [-0.15, -0.1) is 0 Å². The van der Waals surface area contributed by atoms with Crippen LogP contribution in [0, 0.1) is 0 Å². The van der Waals surface area contributed by atoms with Crippen LogP contribution >= 0.6 is 0 Å². The maximum Gasteiger partial charge on any atom is 0.416 e. The Balaban J connectivity index is 1.66. The van der Waals surface area contributed by atoms with Gasteiger partial charge in [-0.25, -0.2) is 8.42 Å². The molecule has 174 valence electrons. The Morgan fingerprint density at radius 3 is 2.28 bits per heavy atom. The van der Waals surface area contributed by atoms with E-state index in [-0.39, 0.29) is 38.5 Å². The minimum absolute atomic E-state index is 0.00985. The van der Waals surface area contributed by atoms with Crippen molar-refractivity contribution in [2.45, 2.75) is 17.5 Å². The molecule has 1 aliphatic rings. The number of sulfonamides is 1. The number of rotatable bonds is 6. The molecule has 2 aromatic carbocycles. The number of hydrogen-bond acceptors (Lipinski definition) is 5. The Morgan fingerprint density at radius 2 is 1.69 bits per heavy atom. The highest BCUT2D eigenvalue weighted by molar-refractivity contribution is 7.89. The van der Waals surface area contributed by atoms with Gasteiger partial charge in [0.05, 0.1) is 31.1 Å². The van der Waals surface area contributed by atoms with E-state index < -0.39 is 26.7 Å². The number of amides is 1. The van der Waals surface area contributed by atoms with Crippen LogP contribution in [0.25, 0.3) is 0 Å². The van der Waals surface area contributed by atoms with Gasteiger partial charge in [0, 0.05) is 37.8 Å². The van der Waals surface area contributed by atoms with Crippen molar-refractivity contribution in [2.24, 2.45) is 0 Å². The summed E-state index contributed by atoms with van der Waals surface area (Å²) in [6, 6.07) is 8.76. The van der Waals surface area contributed by atoms with Gasteiger partial charge in [0.15, 0.2) is 0 Å². The summed E-state index contributed by atoms with van der Waals surface area (Å²) in [7, 11) is -1.10. The number of hydrogen-bond donors (Lipinski definition) is 0. The SMILES string of the molecule is COc1ccc(CC(=O)N2CCN(S(=O)(=O)c3cccc(C(F)(F)F)c3)CC2)c(OC)c1. The minimum atomic E-state index is -4.64. The molecule has 1 aliphatic heterocycles. The molecule has 2 aromatic rings. The molecule has 32 heavy (non-hydrogen) atoms. The van der Waals surface area contributed by atoms with Gasteiger partial charge in [-0.2, -0.15) is 17.5 Å². The molecule has 0 bridgehead atoms. The Bertz CT molecular complexity index is 1080. The van der Waals surface area contributed by atoms with Crippen molar-refractivity contribution in [1.82, 2.24) is 9.21 Å². The maximum atomic E-state index is 12.9. The third-order valence-electron chi connectivity index (χ3n) is 5.23. The van der Waals surface area contributed by atoms with Crippen LogP contribution in [-0.2, 0) is 27.4 Å². The highest BCUT2D eigenvalue weighted by Crippen LogP contribution is 2.31. The van der Waals surface area contributed by atoms with Crippen molar-refractivity contribution in [3.63, 3.8) is 0 Å². The van der Waals surface area contributed by atoms with Crippen molar-refractivity contribution in [3.8, 4) is 11.5 Å². The van der Waals surface area contributed by atoms with Gasteiger partial charge in [0.2, 0.25) is 15.9 Å². The fourth-order valence-corrected chi connectivity index (χ4v) is 4.90. The number of carbonyl (C=O) groups excluding carboxylic acids is 1. The summed E-state index contributed by atoms with van der Waals surface area (Å²) in [6.45, 7) is 0.249. The largest absolute Gasteiger partial charge is 0.497 e. The van der Waals surface area contributed by atoms with Crippen LogP contribution in [0.2, 0.25) is 0 Å². The van der Waals surface area contributed by atoms with Crippen LogP contribution < -0.4 is 9.47 Å². The average Bonchev–Trinajstić information content (AvgIpc) is 2.79. The number of carbonyl (C=O) groups is 1. The quantitative estimate of drug-likeness (QED) is 0.646. The molecule has 1 amide bonds. The Kier molecular flexibility index (Phi) is 6.99. The molecule has 11 heteroatoms. The van der Waals surface area contributed by atoms with Crippen LogP contribution in [0.3, 0.4) is 0 Å². The number of methoxy groups -OCH3 is 2. The van der Waals surface area contributed by atoms with Gasteiger partial charge in [0.25, 0.3) is 0 Å². The predicted octanol–water partition coefficient (Wildman–Crippen LogP) is 2.80. The fourth-order valence-electron chi connectivity index (χ4n) is 3.43. The lowest BCUT2D eigenvalue weighted by Crippen LogP contribution is -2.50. The number of nitrogens with zero attached hydrogens (tertiary/aromatic N) is 2. The van der Waals surface area contributed by atoms with Gasteiger partial charge < -0.3 is 14.4 Å². The first-order chi connectivity index (χ1) is 15.1. The molecule has 7 nitrogen and oxygen atoms in total. The van der Waals surface area contributed by atoms with E-state index in [9.17, 15) is 26.4 Å². The van der Waals surface area contributed by atoms with Crippen molar-refractivity contribution >= 4 is 15.9 Å². The van der Waals surface area contributed by atoms with Gasteiger partial charge in [0.1, 0.15) is 11.5 Å². The second-order valence-electron chi connectivity index (χ2n) is 7.17. The second kappa shape index (κ2) is 9.37. The van der Waals surface area contributed by atoms with Crippen molar-refractivity contribution in [1.29, 1.82) is 0 Å². The summed E-state index contributed by atoms with van der Waals surface area (Å²) in [4.78, 5) is 13.8. The molecule has 1 fully saturated rings. The smallest absolute Gasteiger partial charge is 0.416 e. The first-order valence-corrected chi connectivity index (χ1v) is 11.2. The monoisotopic (exact) mass is 472 g/mol. The zero-order valence-corrected chi connectivity index (χ0v) is 18.4. The lowest BCUT2D eigenvalue weighted by Gasteiger charge is -2.34. The molecule has 0 radical (unpaired) electrons. The second-order valence-corrected chi connectivity index (χ2v) is 9.10. The average molecular weight is 472 g/mol. The first-order valence-electron chi connectivity index (χ1n) is 9.72. The summed E-state index contributed by atoms with van der Waals surface area (Å²) in [5.74, 6) is 0.888.